The second kappa shape index (κ2) is 5.01. The Kier molecular flexibility index (Phi) is 3.43. The summed E-state index contributed by atoms with van der Waals surface area (Å²) in [6, 6.07) is 9.19. The summed E-state index contributed by atoms with van der Waals surface area (Å²) in [5.74, 6) is -2.27. The lowest BCUT2D eigenvalue weighted by atomic mass is 9.93. The van der Waals surface area contributed by atoms with Crippen molar-refractivity contribution in [1.82, 2.24) is 0 Å². The lowest BCUT2D eigenvalue weighted by molar-refractivity contribution is -0.137. The molecule has 0 heterocycles. The molecule has 0 saturated heterocycles. The van der Waals surface area contributed by atoms with E-state index in [9.17, 15) is 13.2 Å². The van der Waals surface area contributed by atoms with E-state index in [0.29, 0.717) is 5.57 Å². The lowest BCUT2D eigenvalue weighted by Crippen LogP contribution is -2.23. The largest absolute Gasteiger partial charge is 0.481 e. The Balaban J connectivity index is 2.51. The van der Waals surface area contributed by atoms with Crippen LogP contribution in [0.25, 0.3) is 5.57 Å². The van der Waals surface area contributed by atoms with Crippen molar-refractivity contribution in [3.8, 4) is 0 Å². The van der Waals surface area contributed by atoms with Crippen LogP contribution >= 0.6 is 0 Å². The van der Waals surface area contributed by atoms with E-state index in [-0.39, 0.29) is 4.86 Å². The minimum Gasteiger partial charge on any atom is -0.481 e. The van der Waals surface area contributed by atoms with E-state index in [1.54, 1.807) is 6.08 Å². The van der Waals surface area contributed by atoms with Crippen molar-refractivity contribution in [2.45, 2.75) is 0 Å². The van der Waals surface area contributed by atoms with E-state index in [0.717, 1.165) is 5.56 Å². The number of carboxylic acids is 1. The summed E-state index contributed by atoms with van der Waals surface area (Å²) < 4.78 is 22.1. The van der Waals surface area contributed by atoms with Gasteiger partial charge in [-0.3, -0.25) is 4.79 Å². The van der Waals surface area contributed by atoms with Gasteiger partial charge in [0.25, 0.3) is 0 Å². The number of aliphatic carboxylic acids is 1. The Morgan fingerprint density at radius 1 is 1.17 bits per heavy atom. The fourth-order valence-corrected chi connectivity index (χ4v) is 2.36. The van der Waals surface area contributed by atoms with E-state index >= 15 is 0 Å². The van der Waals surface area contributed by atoms with Crippen molar-refractivity contribution >= 4 is 26.7 Å². The number of carboxylic acid groups (broad SMARTS) is 1. The third-order valence-electron chi connectivity index (χ3n) is 2.64. The number of carbonyl (C=O) groups is 1. The van der Waals surface area contributed by atoms with Crippen LogP contribution in [-0.2, 0) is 15.1 Å². The smallest absolute Gasteiger partial charge is 0.315 e. The van der Waals surface area contributed by atoms with Crippen LogP contribution in [0.5, 0.6) is 0 Å². The minimum atomic E-state index is -2.54. The van der Waals surface area contributed by atoms with Gasteiger partial charge in [0, 0.05) is 0 Å². The molecule has 0 bridgehead atoms. The van der Waals surface area contributed by atoms with E-state index in [4.69, 9.17) is 5.11 Å². The van der Waals surface area contributed by atoms with Crippen molar-refractivity contribution in [1.29, 1.82) is 0 Å². The maximum Gasteiger partial charge on any atom is 0.315 e. The van der Waals surface area contributed by atoms with Crippen LogP contribution in [0, 0.1) is 5.92 Å². The quantitative estimate of drug-likeness (QED) is 0.818. The van der Waals surface area contributed by atoms with Gasteiger partial charge in [0.15, 0.2) is 0 Å². The van der Waals surface area contributed by atoms with E-state index in [1.165, 1.54) is 12.2 Å². The summed E-state index contributed by atoms with van der Waals surface area (Å²) in [7, 11) is -2.54. The van der Waals surface area contributed by atoms with Gasteiger partial charge in [0.2, 0.25) is 10.3 Å². The zero-order valence-electron chi connectivity index (χ0n) is 9.28. The predicted octanol–water partition coefficient (Wildman–Crippen LogP) is 1.39. The van der Waals surface area contributed by atoms with Crippen molar-refractivity contribution in [3.05, 3.63) is 54.1 Å². The Morgan fingerprint density at radius 2 is 1.83 bits per heavy atom. The molecular weight excluding hydrogens is 252 g/mol. The summed E-state index contributed by atoms with van der Waals surface area (Å²) >= 11 is 0. The highest BCUT2D eigenvalue weighted by molar-refractivity contribution is 7.73. The number of rotatable bonds is 2. The van der Waals surface area contributed by atoms with Crippen LogP contribution in [0.15, 0.2) is 48.6 Å². The summed E-state index contributed by atoms with van der Waals surface area (Å²) in [5.41, 5.74) is 1.54. The number of hydrogen-bond donors (Lipinski definition) is 1. The molecule has 1 aliphatic carbocycles. The molecule has 1 atom stereocenters. The zero-order valence-corrected chi connectivity index (χ0v) is 10.1. The van der Waals surface area contributed by atoms with Crippen molar-refractivity contribution < 1.29 is 18.3 Å². The average Bonchev–Trinajstić information content (AvgIpc) is 2.39. The molecule has 0 fully saturated rings. The van der Waals surface area contributed by atoms with Crippen LogP contribution in [0.2, 0.25) is 0 Å². The van der Waals surface area contributed by atoms with Crippen LogP contribution in [0.1, 0.15) is 5.56 Å². The molecule has 1 aromatic carbocycles. The molecule has 0 aromatic heterocycles. The zero-order chi connectivity index (χ0) is 13.1. The van der Waals surface area contributed by atoms with Crippen LogP contribution in [-0.4, -0.2) is 24.4 Å². The van der Waals surface area contributed by atoms with Crippen molar-refractivity contribution in [3.63, 3.8) is 0 Å². The summed E-state index contributed by atoms with van der Waals surface area (Å²) in [6.07, 6.45) is 4.41. The van der Waals surface area contributed by atoms with Crippen LogP contribution < -0.4 is 0 Å². The fourth-order valence-electron chi connectivity index (χ4n) is 1.75. The first-order valence-corrected chi connectivity index (χ1v) is 6.31. The van der Waals surface area contributed by atoms with E-state index in [1.807, 2.05) is 30.3 Å². The van der Waals surface area contributed by atoms with E-state index in [2.05, 4.69) is 0 Å². The molecule has 2 rings (SSSR count). The van der Waals surface area contributed by atoms with Crippen LogP contribution in [0.3, 0.4) is 0 Å². The highest BCUT2D eigenvalue weighted by Gasteiger charge is 2.24. The first-order chi connectivity index (χ1) is 8.59. The molecule has 1 aromatic rings. The maximum atomic E-state index is 11.1. The maximum absolute atomic E-state index is 11.1. The minimum absolute atomic E-state index is 0.121. The molecule has 4 nitrogen and oxygen atoms in total. The number of benzene rings is 1. The molecule has 18 heavy (non-hydrogen) atoms. The second-order valence-corrected chi connectivity index (χ2v) is 4.72. The molecule has 1 aliphatic rings. The third kappa shape index (κ3) is 2.41. The van der Waals surface area contributed by atoms with Gasteiger partial charge in [0.1, 0.15) is 5.92 Å². The molecular formula is C13H10O4S. The predicted molar refractivity (Wildman–Crippen MR) is 68.6 cm³/mol. The number of allylic oxidation sites excluding steroid dienone is 3. The molecule has 0 aliphatic heterocycles. The Hall–Kier alpha value is -2.14. The Labute approximate surface area is 105 Å². The molecule has 0 amide bonds. The van der Waals surface area contributed by atoms with Gasteiger partial charge >= 0.3 is 5.97 Å². The summed E-state index contributed by atoms with van der Waals surface area (Å²) in [5, 5.41) is 8.94. The molecule has 5 heteroatoms. The van der Waals surface area contributed by atoms with Gasteiger partial charge in [-0.1, -0.05) is 42.5 Å². The first kappa shape index (κ1) is 12.3. The fraction of sp³-hybridized carbons (Fsp3) is 0.0769. The van der Waals surface area contributed by atoms with Crippen molar-refractivity contribution in [2.75, 3.05) is 0 Å². The summed E-state index contributed by atoms with van der Waals surface area (Å²) in [4.78, 5) is 10.8. The monoisotopic (exact) mass is 262 g/mol. The van der Waals surface area contributed by atoms with Gasteiger partial charge in [-0.25, -0.2) is 0 Å². The van der Waals surface area contributed by atoms with Crippen LogP contribution in [0.4, 0.5) is 0 Å². The normalized spacial score (nSPS) is 18.3. The molecule has 1 unspecified atom stereocenters. The first-order valence-electron chi connectivity index (χ1n) is 5.24. The van der Waals surface area contributed by atoms with Gasteiger partial charge in [0.05, 0.1) is 4.86 Å². The van der Waals surface area contributed by atoms with Gasteiger partial charge in [-0.05, 0) is 17.2 Å². The van der Waals surface area contributed by atoms with Gasteiger partial charge in [-0.2, -0.15) is 8.42 Å². The molecule has 0 radical (unpaired) electrons. The Morgan fingerprint density at radius 3 is 2.39 bits per heavy atom. The molecule has 92 valence electrons. The topological polar surface area (TPSA) is 71.4 Å². The average molecular weight is 262 g/mol. The second-order valence-electron chi connectivity index (χ2n) is 3.78. The highest BCUT2D eigenvalue weighted by Crippen LogP contribution is 2.22. The molecule has 0 spiro atoms. The van der Waals surface area contributed by atoms with Gasteiger partial charge < -0.3 is 5.11 Å². The molecule has 0 saturated carbocycles. The summed E-state index contributed by atoms with van der Waals surface area (Å²) in [6.45, 7) is 0. The van der Waals surface area contributed by atoms with Gasteiger partial charge in [-0.15, -0.1) is 0 Å². The SMILES string of the molecule is O=C(O)C1C=CC(c2ccccc2)=CC1=S(=O)=O. The standard InChI is InChI=1S/C13H10O4S/c14-13(15)11-7-6-10(8-12(11)18(16)17)9-4-2-1-3-5-9/h1-8,11H,(H,14,15). The lowest BCUT2D eigenvalue weighted by Gasteiger charge is -2.13. The molecule has 1 N–H and O–H groups in total. The third-order valence-corrected chi connectivity index (χ3v) is 3.39. The van der Waals surface area contributed by atoms with E-state index < -0.39 is 22.2 Å². The van der Waals surface area contributed by atoms with Crippen molar-refractivity contribution in [2.24, 2.45) is 5.92 Å². The number of hydrogen-bond acceptors (Lipinski definition) is 3. The Bertz CT molecular complexity index is 658. The highest BCUT2D eigenvalue weighted by atomic mass is 32.2.